The number of aryl methyl sites for hydroxylation is 1. The van der Waals surface area contributed by atoms with Crippen molar-refractivity contribution >= 4 is 11.4 Å². The Hall–Kier alpha value is -2.61. The van der Waals surface area contributed by atoms with Crippen LogP contribution in [0.1, 0.15) is 48.5 Å². The Bertz CT molecular complexity index is 1120. The van der Waals surface area contributed by atoms with Gasteiger partial charge in [-0.1, -0.05) is 56.3 Å². The summed E-state index contributed by atoms with van der Waals surface area (Å²) >= 11 is 0. The first-order valence-corrected chi connectivity index (χ1v) is 9.36. The van der Waals surface area contributed by atoms with Crippen LogP contribution in [0, 0.1) is 12.7 Å². The number of anilines is 2. The molecule has 3 aromatic rings. The maximum atomic E-state index is 15.5. The van der Waals surface area contributed by atoms with Gasteiger partial charge in [-0.15, -0.1) is 0 Å². The van der Waals surface area contributed by atoms with Gasteiger partial charge in [0.1, 0.15) is 5.82 Å². The zero-order valence-corrected chi connectivity index (χ0v) is 16.2. The first kappa shape index (κ1) is 14.4. The Labute approximate surface area is 165 Å². The van der Waals surface area contributed by atoms with Crippen LogP contribution in [0.5, 0.6) is 0 Å². The first-order chi connectivity index (χ1) is 14.0. The maximum absolute atomic E-state index is 15.5. The second kappa shape index (κ2) is 6.23. The van der Waals surface area contributed by atoms with Crippen LogP contribution >= 0.6 is 0 Å². The van der Waals surface area contributed by atoms with E-state index in [9.17, 15) is 0 Å². The first-order valence-electron chi connectivity index (χ1n) is 10.9. The van der Waals surface area contributed by atoms with Crippen LogP contribution in [0.2, 0.25) is 0 Å². The summed E-state index contributed by atoms with van der Waals surface area (Å²) in [6.07, 6.45) is 0. The molecule has 0 saturated carbocycles. The molecule has 1 aliphatic carbocycles. The van der Waals surface area contributed by atoms with Gasteiger partial charge in [-0.2, -0.15) is 0 Å². The van der Waals surface area contributed by atoms with Gasteiger partial charge in [0, 0.05) is 21.3 Å². The lowest BCUT2D eigenvalue weighted by Gasteiger charge is -2.32. The van der Waals surface area contributed by atoms with Gasteiger partial charge in [-0.3, -0.25) is 0 Å². The summed E-state index contributed by atoms with van der Waals surface area (Å²) in [6.45, 7) is 5.91. The quantitative estimate of drug-likeness (QED) is 0.485. The fourth-order valence-corrected chi connectivity index (χ4v) is 4.26. The SMILES string of the molecule is [2H]C([2H])([2H])c1ccccc1N(c1cc2c(cc1F)-c1ccccc1C2(C)C)C(C)C. The summed E-state index contributed by atoms with van der Waals surface area (Å²) in [6, 6.07) is 18.4. The normalized spacial score (nSPS) is 16.3. The molecule has 0 atom stereocenters. The van der Waals surface area contributed by atoms with Crippen molar-refractivity contribution in [3.05, 3.63) is 83.2 Å². The minimum atomic E-state index is -2.29. The predicted octanol–water partition coefficient (Wildman–Crippen LogP) is 6.99. The van der Waals surface area contributed by atoms with Crippen LogP contribution in [0.4, 0.5) is 15.8 Å². The van der Waals surface area contributed by atoms with E-state index in [-0.39, 0.29) is 22.8 Å². The highest BCUT2D eigenvalue weighted by molar-refractivity contribution is 5.83. The molecule has 3 aromatic carbocycles. The van der Waals surface area contributed by atoms with E-state index in [1.54, 1.807) is 35.2 Å². The number of rotatable bonds is 3. The van der Waals surface area contributed by atoms with Crippen molar-refractivity contribution in [1.82, 2.24) is 0 Å². The summed E-state index contributed by atoms with van der Waals surface area (Å²) in [4.78, 5) is 1.80. The average Bonchev–Trinajstić information content (AvgIpc) is 2.89. The highest BCUT2D eigenvalue weighted by Gasteiger charge is 2.36. The third-order valence-corrected chi connectivity index (χ3v) is 5.59. The van der Waals surface area contributed by atoms with Gasteiger partial charge < -0.3 is 4.90 Å². The summed E-state index contributed by atoms with van der Waals surface area (Å²) in [7, 11) is 0. The van der Waals surface area contributed by atoms with E-state index < -0.39 is 6.85 Å². The summed E-state index contributed by atoms with van der Waals surface area (Å²) < 4.78 is 39.4. The fraction of sp³-hybridized carbons (Fsp3) is 0.280. The van der Waals surface area contributed by atoms with Crippen LogP contribution in [0.3, 0.4) is 0 Å². The summed E-state index contributed by atoms with van der Waals surface area (Å²) in [5, 5.41) is 0. The van der Waals surface area contributed by atoms with Gasteiger partial charge in [-0.05, 0) is 66.7 Å². The van der Waals surface area contributed by atoms with Gasteiger partial charge in [0.05, 0.1) is 5.69 Å². The van der Waals surface area contributed by atoms with Crippen LogP contribution in [-0.2, 0) is 5.41 Å². The number of para-hydroxylation sites is 1. The van der Waals surface area contributed by atoms with Crippen molar-refractivity contribution in [2.75, 3.05) is 4.90 Å². The molecule has 0 unspecified atom stereocenters. The number of nitrogens with zero attached hydrogens (tertiary/aromatic N) is 1. The minimum Gasteiger partial charge on any atom is -0.336 e. The molecule has 0 fully saturated rings. The highest BCUT2D eigenvalue weighted by atomic mass is 19.1. The van der Waals surface area contributed by atoms with Crippen molar-refractivity contribution in [2.45, 2.75) is 46.0 Å². The lowest BCUT2D eigenvalue weighted by atomic mass is 9.82. The van der Waals surface area contributed by atoms with Gasteiger partial charge in [-0.25, -0.2) is 4.39 Å². The Morgan fingerprint density at radius 2 is 1.59 bits per heavy atom. The number of benzene rings is 3. The van der Waals surface area contributed by atoms with Gasteiger partial charge in [0.15, 0.2) is 0 Å². The number of hydrogen-bond acceptors (Lipinski definition) is 1. The highest BCUT2D eigenvalue weighted by Crippen LogP contribution is 2.50. The molecule has 27 heavy (non-hydrogen) atoms. The van der Waals surface area contributed by atoms with E-state index in [0.717, 1.165) is 16.7 Å². The Morgan fingerprint density at radius 1 is 0.889 bits per heavy atom. The molecule has 0 heterocycles. The van der Waals surface area contributed by atoms with Crippen molar-refractivity contribution in [2.24, 2.45) is 0 Å². The molecule has 0 aliphatic heterocycles. The molecule has 1 nitrogen and oxygen atoms in total. The van der Waals surface area contributed by atoms with Crippen molar-refractivity contribution in [3.8, 4) is 11.1 Å². The van der Waals surface area contributed by atoms with E-state index >= 15 is 4.39 Å². The van der Waals surface area contributed by atoms with Crippen molar-refractivity contribution < 1.29 is 8.50 Å². The molecule has 4 rings (SSSR count). The number of fused-ring (bicyclic) bond motifs is 3. The summed E-state index contributed by atoms with van der Waals surface area (Å²) in [5.41, 5.74) is 5.07. The molecular formula is C25H26FN. The zero-order valence-electron chi connectivity index (χ0n) is 19.2. The number of hydrogen-bond donors (Lipinski definition) is 0. The number of halogens is 1. The van der Waals surface area contributed by atoms with Gasteiger partial charge in [0.2, 0.25) is 0 Å². The van der Waals surface area contributed by atoms with Crippen LogP contribution in [0.25, 0.3) is 11.1 Å². The topological polar surface area (TPSA) is 3.24 Å². The summed E-state index contributed by atoms with van der Waals surface area (Å²) in [5.74, 6) is -0.352. The third-order valence-electron chi connectivity index (χ3n) is 5.59. The van der Waals surface area contributed by atoms with E-state index in [0.29, 0.717) is 11.4 Å². The molecule has 0 aromatic heterocycles. The second-order valence-corrected chi connectivity index (χ2v) is 8.00. The maximum Gasteiger partial charge on any atom is 0.147 e. The molecular weight excluding hydrogens is 333 g/mol. The Balaban J connectivity index is 1.95. The smallest absolute Gasteiger partial charge is 0.147 e. The molecule has 0 radical (unpaired) electrons. The van der Waals surface area contributed by atoms with Crippen LogP contribution in [-0.4, -0.2) is 6.04 Å². The molecule has 2 heteroatoms. The monoisotopic (exact) mass is 362 g/mol. The van der Waals surface area contributed by atoms with E-state index in [1.165, 1.54) is 5.56 Å². The molecule has 1 aliphatic rings. The zero-order chi connectivity index (χ0) is 21.8. The molecule has 138 valence electrons. The molecule has 0 N–H and O–H groups in total. The van der Waals surface area contributed by atoms with Crippen molar-refractivity contribution in [3.63, 3.8) is 0 Å². The van der Waals surface area contributed by atoms with E-state index in [1.807, 2.05) is 38.1 Å². The predicted molar refractivity (Wildman–Crippen MR) is 112 cm³/mol. The Morgan fingerprint density at radius 3 is 2.33 bits per heavy atom. The largest absolute Gasteiger partial charge is 0.336 e. The van der Waals surface area contributed by atoms with Gasteiger partial charge in [0.25, 0.3) is 0 Å². The van der Waals surface area contributed by atoms with Crippen LogP contribution in [0.15, 0.2) is 60.7 Å². The lowest BCUT2D eigenvalue weighted by Crippen LogP contribution is -2.27. The molecule has 0 amide bonds. The average molecular weight is 363 g/mol. The van der Waals surface area contributed by atoms with E-state index in [2.05, 4.69) is 19.9 Å². The molecule has 0 spiro atoms. The molecule has 0 saturated heterocycles. The van der Waals surface area contributed by atoms with E-state index in [4.69, 9.17) is 4.11 Å². The molecule has 0 bridgehead atoms. The van der Waals surface area contributed by atoms with Gasteiger partial charge >= 0.3 is 0 Å². The second-order valence-electron chi connectivity index (χ2n) is 8.00. The third kappa shape index (κ3) is 2.66. The Kier molecular flexibility index (Phi) is 3.33. The lowest BCUT2D eigenvalue weighted by molar-refractivity contribution is 0.613. The van der Waals surface area contributed by atoms with Crippen LogP contribution < -0.4 is 4.90 Å². The minimum absolute atomic E-state index is 0.132. The fourth-order valence-electron chi connectivity index (χ4n) is 4.26. The standard InChI is InChI=1S/C25H26FN/c1-16(2)27(23-13-9-6-10-17(23)3)24-15-21-19(14-22(24)26)18-11-7-8-12-20(18)25(21,4)5/h6-16H,1-5H3/i3D3. The van der Waals surface area contributed by atoms with Crippen molar-refractivity contribution in [1.29, 1.82) is 0 Å².